The number of nitrogens with zero attached hydrogens (tertiary/aromatic N) is 2. The van der Waals surface area contributed by atoms with Crippen molar-refractivity contribution in [3.05, 3.63) is 34.7 Å². The predicted octanol–water partition coefficient (Wildman–Crippen LogP) is 3.31. The molecule has 0 atom stereocenters. The molecule has 1 N–H and O–H groups in total. The maximum Gasteiger partial charge on any atom is 0.260 e. The van der Waals surface area contributed by atoms with Crippen molar-refractivity contribution in [1.29, 1.82) is 0 Å². The van der Waals surface area contributed by atoms with Crippen LogP contribution in [0, 0.1) is 5.92 Å². The van der Waals surface area contributed by atoms with Gasteiger partial charge in [0.2, 0.25) is 5.91 Å². The Kier molecular flexibility index (Phi) is 4.99. The van der Waals surface area contributed by atoms with Crippen LogP contribution in [0.5, 0.6) is 0 Å². The third-order valence-corrected chi connectivity index (χ3v) is 5.38. The van der Waals surface area contributed by atoms with Crippen LogP contribution in [0.4, 0.5) is 5.13 Å². The highest BCUT2D eigenvalue weighted by molar-refractivity contribution is 7.15. The van der Waals surface area contributed by atoms with Crippen molar-refractivity contribution in [2.75, 3.05) is 11.9 Å². The van der Waals surface area contributed by atoms with E-state index in [1.807, 2.05) is 4.90 Å². The number of carbonyl (C=O) groups excluding carboxylic acids is 2. The van der Waals surface area contributed by atoms with Crippen LogP contribution in [0.25, 0.3) is 0 Å². The minimum Gasteiger partial charge on any atom is -0.472 e. The summed E-state index contributed by atoms with van der Waals surface area (Å²) < 4.78 is 4.92. The molecule has 0 spiro atoms. The van der Waals surface area contributed by atoms with E-state index in [0.29, 0.717) is 23.8 Å². The molecule has 2 aromatic rings. The number of hydrogen-bond acceptors (Lipinski definition) is 5. The van der Waals surface area contributed by atoms with Gasteiger partial charge in [0.05, 0.1) is 24.1 Å². The molecule has 1 aliphatic rings. The zero-order valence-corrected chi connectivity index (χ0v) is 14.7. The highest BCUT2D eigenvalue weighted by atomic mass is 32.1. The Labute approximate surface area is 144 Å². The van der Waals surface area contributed by atoms with E-state index in [-0.39, 0.29) is 17.7 Å². The maximum atomic E-state index is 12.5. The van der Waals surface area contributed by atoms with E-state index in [4.69, 9.17) is 4.42 Å². The van der Waals surface area contributed by atoms with Crippen LogP contribution in [0.15, 0.2) is 23.0 Å². The molecule has 6 nitrogen and oxygen atoms in total. The van der Waals surface area contributed by atoms with Crippen molar-refractivity contribution in [2.45, 2.75) is 39.7 Å². The van der Waals surface area contributed by atoms with Crippen LogP contribution >= 0.6 is 11.3 Å². The Morgan fingerprint density at radius 3 is 2.88 bits per heavy atom. The molecule has 0 fully saturated rings. The third kappa shape index (κ3) is 3.36. The Morgan fingerprint density at radius 2 is 2.21 bits per heavy atom. The summed E-state index contributed by atoms with van der Waals surface area (Å²) in [5.74, 6) is 0.0857. The van der Waals surface area contributed by atoms with Crippen LogP contribution in [-0.2, 0) is 17.8 Å². The first-order chi connectivity index (χ1) is 11.6. The zero-order valence-electron chi connectivity index (χ0n) is 13.9. The minimum absolute atomic E-state index is 0.0970. The number of hydrogen-bond donors (Lipinski definition) is 1. The lowest BCUT2D eigenvalue weighted by molar-refractivity contribution is -0.136. The largest absolute Gasteiger partial charge is 0.472 e. The Bertz CT molecular complexity index is 720. The molecule has 3 heterocycles. The first kappa shape index (κ1) is 16.7. The summed E-state index contributed by atoms with van der Waals surface area (Å²) >= 11 is 1.44. The van der Waals surface area contributed by atoms with Gasteiger partial charge in [-0.25, -0.2) is 4.98 Å². The van der Waals surface area contributed by atoms with Crippen molar-refractivity contribution in [2.24, 2.45) is 5.92 Å². The molecule has 7 heteroatoms. The molecule has 0 aromatic carbocycles. The summed E-state index contributed by atoms with van der Waals surface area (Å²) in [5.41, 5.74) is 1.45. The van der Waals surface area contributed by atoms with Gasteiger partial charge in [-0.1, -0.05) is 25.2 Å². The summed E-state index contributed by atoms with van der Waals surface area (Å²) in [7, 11) is 0. The average Bonchev–Trinajstić information content (AvgIpc) is 3.24. The molecule has 0 radical (unpaired) electrons. The van der Waals surface area contributed by atoms with Gasteiger partial charge in [-0.3, -0.25) is 14.9 Å². The molecule has 3 rings (SSSR count). The number of rotatable bonds is 5. The number of anilines is 1. The quantitative estimate of drug-likeness (QED) is 0.900. The monoisotopic (exact) mass is 347 g/mol. The van der Waals surface area contributed by atoms with Gasteiger partial charge in [-0.2, -0.15) is 0 Å². The molecule has 0 unspecified atom stereocenters. The molecular formula is C17H21N3O3S. The summed E-state index contributed by atoms with van der Waals surface area (Å²) in [6.07, 6.45) is 5.34. The molecule has 1 aliphatic heterocycles. The van der Waals surface area contributed by atoms with Gasteiger partial charge in [-0.15, -0.1) is 0 Å². The Balaban J connectivity index is 1.68. The normalized spacial score (nSPS) is 13.9. The zero-order chi connectivity index (χ0) is 17.1. The smallest absolute Gasteiger partial charge is 0.260 e. The van der Waals surface area contributed by atoms with E-state index in [9.17, 15) is 9.59 Å². The fourth-order valence-corrected chi connectivity index (χ4v) is 3.91. The number of fused-ring (bicyclic) bond motifs is 1. The van der Waals surface area contributed by atoms with E-state index in [1.54, 1.807) is 6.07 Å². The molecule has 2 amide bonds. The summed E-state index contributed by atoms with van der Waals surface area (Å²) in [6, 6.07) is 1.61. The van der Waals surface area contributed by atoms with Crippen molar-refractivity contribution in [3.8, 4) is 0 Å². The summed E-state index contributed by atoms with van der Waals surface area (Å²) in [5, 5.41) is 3.37. The molecule has 0 saturated heterocycles. The Morgan fingerprint density at radius 1 is 1.42 bits per heavy atom. The van der Waals surface area contributed by atoms with E-state index in [2.05, 4.69) is 24.1 Å². The second-order valence-corrected chi connectivity index (χ2v) is 6.96. The third-order valence-electron chi connectivity index (χ3n) is 4.38. The van der Waals surface area contributed by atoms with Crippen LogP contribution < -0.4 is 5.32 Å². The highest BCUT2D eigenvalue weighted by Gasteiger charge is 2.27. The van der Waals surface area contributed by atoms with E-state index < -0.39 is 0 Å². The number of thiazole rings is 1. The second-order valence-electron chi connectivity index (χ2n) is 5.88. The predicted molar refractivity (Wildman–Crippen MR) is 92.0 cm³/mol. The number of carbonyl (C=O) groups is 2. The molecule has 0 saturated carbocycles. The fraction of sp³-hybridized carbons (Fsp3) is 0.471. The van der Waals surface area contributed by atoms with Gasteiger partial charge >= 0.3 is 0 Å². The standard InChI is InChI=1S/C17H21N3O3S/c1-3-11(4-2)16(22)20-7-5-13-14(9-20)24-17(18-13)19-15(21)12-6-8-23-10-12/h6,8,10-11H,3-5,7,9H2,1-2H3,(H,18,19,21). The fourth-order valence-electron chi connectivity index (χ4n) is 2.90. The maximum absolute atomic E-state index is 12.5. The van der Waals surface area contributed by atoms with Crippen molar-refractivity contribution in [3.63, 3.8) is 0 Å². The van der Waals surface area contributed by atoms with Gasteiger partial charge in [0, 0.05) is 23.8 Å². The molecule has 0 aliphatic carbocycles. The summed E-state index contributed by atoms with van der Waals surface area (Å²) in [4.78, 5) is 32.1. The second kappa shape index (κ2) is 7.17. The number of aromatic nitrogens is 1. The highest BCUT2D eigenvalue weighted by Crippen LogP contribution is 2.29. The minimum atomic E-state index is -0.236. The van der Waals surface area contributed by atoms with E-state index >= 15 is 0 Å². The number of furan rings is 1. The van der Waals surface area contributed by atoms with Crippen molar-refractivity contribution >= 4 is 28.3 Å². The molecule has 0 bridgehead atoms. The van der Waals surface area contributed by atoms with Gasteiger partial charge in [0.15, 0.2) is 5.13 Å². The van der Waals surface area contributed by atoms with E-state index in [1.165, 1.54) is 23.9 Å². The summed E-state index contributed by atoms with van der Waals surface area (Å²) in [6.45, 7) is 5.39. The van der Waals surface area contributed by atoms with Crippen LogP contribution in [0.3, 0.4) is 0 Å². The van der Waals surface area contributed by atoms with Gasteiger partial charge in [-0.05, 0) is 18.9 Å². The van der Waals surface area contributed by atoms with E-state index in [0.717, 1.165) is 29.8 Å². The molecule has 24 heavy (non-hydrogen) atoms. The van der Waals surface area contributed by atoms with Crippen LogP contribution in [0.2, 0.25) is 0 Å². The average molecular weight is 347 g/mol. The van der Waals surface area contributed by atoms with Crippen LogP contribution in [-0.4, -0.2) is 28.2 Å². The van der Waals surface area contributed by atoms with Gasteiger partial charge in [0.25, 0.3) is 5.91 Å². The van der Waals surface area contributed by atoms with Gasteiger partial charge in [0.1, 0.15) is 6.26 Å². The van der Waals surface area contributed by atoms with Gasteiger partial charge < -0.3 is 9.32 Å². The lowest BCUT2D eigenvalue weighted by Crippen LogP contribution is -2.39. The number of nitrogens with one attached hydrogen (secondary N) is 1. The lowest BCUT2D eigenvalue weighted by atomic mass is 10.0. The SMILES string of the molecule is CCC(CC)C(=O)N1CCc2nc(NC(=O)c3ccoc3)sc2C1. The first-order valence-electron chi connectivity index (χ1n) is 8.23. The first-order valence-corrected chi connectivity index (χ1v) is 9.04. The number of amides is 2. The lowest BCUT2D eigenvalue weighted by Gasteiger charge is -2.29. The van der Waals surface area contributed by atoms with Crippen molar-refractivity contribution in [1.82, 2.24) is 9.88 Å². The van der Waals surface area contributed by atoms with Crippen molar-refractivity contribution < 1.29 is 14.0 Å². The topological polar surface area (TPSA) is 75.4 Å². The molecular weight excluding hydrogens is 326 g/mol. The molecule has 128 valence electrons. The molecule has 2 aromatic heterocycles. The Hall–Kier alpha value is -2.15. The van der Waals surface area contributed by atoms with Crippen LogP contribution in [0.1, 0.15) is 47.6 Å².